The highest BCUT2D eigenvalue weighted by Gasteiger charge is 2.16. The van der Waals surface area contributed by atoms with Crippen molar-refractivity contribution in [2.24, 2.45) is 0 Å². The van der Waals surface area contributed by atoms with Crippen molar-refractivity contribution in [3.8, 4) is 5.75 Å². The van der Waals surface area contributed by atoms with Crippen LogP contribution in [0, 0.1) is 0 Å². The second-order valence-corrected chi connectivity index (χ2v) is 4.97. The van der Waals surface area contributed by atoms with Gasteiger partial charge in [0.25, 0.3) is 5.78 Å². The van der Waals surface area contributed by atoms with Gasteiger partial charge in [-0.2, -0.15) is 14.6 Å². The van der Waals surface area contributed by atoms with Gasteiger partial charge in [0.05, 0.1) is 15.7 Å². The van der Waals surface area contributed by atoms with Crippen LogP contribution in [-0.2, 0) is 0 Å². The Kier molecular flexibility index (Phi) is 3.46. The van der Waals surface area contributed by atoms with Gasteiger partial charge in [-0.15, -0.1) is 0 Å². The van der Waals surface area contributed by atoms with E-state index in [2.05, 4.69) is 15.1 Å². The van der Waals surface area contributed by atoms with Crippen LogP contribution in [-0.4, -0.2) is 19.6 Å². The molecule has 7 heteroatoms. The van der Waals surface area contributed by atoms with Gasteiger partial charge in [0.2, 0.25) is 0 Å². The predicted octanol–water partition coefficient (Wildman–Crippen LogP) is 3.57. The Bertz CT molecular complexity index is 739. The van der Waals surface area contributed by atoms with Gasteiger partial charge in [-0.25, -0.2) is 4.98 Å². The van der Waals surface area contributed by atoms with E-state index in [-0.39, 0.29) is 6.10 Å². The lowest BCUT2D eigenvalue weighted by atomic mass is 10.2. The number of fused-ring (bicyclic) bond motifs is 1. The molecule has 0 saturated heterocycles. The fourth-order valence-electron chi connectivity index (χ4n) is 1.90. The number of nitrogens with zero attached hydrogens (tertiary/aromatic N) is 4. The minimum absolute atomic E-state index is 0.306. The standard InChI is InChI=1S/C13H10Cl2N4O/c1-8(20-12-9(14)3-2-4-10(12)15)11-5-6-16-13-17-7-18-19(11)13/h2-8H,1H3. The van der Waals surface area contributed by atoms with Crippen LogP contribution in [0.5, 0.6) is 5.75 Å². The van der Waals surface area contributed by atoms with Crippen molar-refractivity contribution in [2.75, 3.05) is 0 Å². The van der Waals surface area contributed by atoms with E-state index >= 15 is 0 Å². The van der Waals surface area contributed by atoms with Crippen molar-refractivity contribution >= 4 is 29.0 Å². The molecule has 102 valence electrons. The maximum absolute atomic E-state index is 6.10. The third kappa shape index (κ3) is 2.30. The zero-order valence-corrected chi connectivity index (χ0v) is 12.0. The number of ether oxygens (including phenoxy) is 1. The summed E-state index contributed by atoms with van der Waals surface area (Å²) in [5.41, 5.74) is 0.809. The molecule has 0 amide bonds. The molecule has 2 aromatic heterocycles. The smallest absolute Gasteiger partial charge is 0.252 e. The zero-order chi connectivity index (χ0) is 14.1. The second kappa shape index (κ2) is 5.26. The second-order valence-electron chi connectivity index (χ2n) is 4.15. The van der Waals surface area contributed by atoms with E-state index in [1.807, 2.05) is 13.0 Å². The van der Waals surface area contributed by atoms with Gasteiger partial charge >= 0.3 is 0 Å². The lowest BCUT2D eigenvalue weighted by Crippen LogP contribution is -2.10. The fourth-order valence-corrected chi connectivity index (χ4v) is 2.38. The van der Waals surface area contributed by atoms with E-state index < -0.39 is 0 Å². The fraction of sp³-hybridized carbons (Fsp3) is 0.154. The molecule has 3 rings (SSSR count). The van der Waals surface area contributed by atoms with Gasteiger partial charge in [0.15, 0.2) is 5.75 Å². The minimum Gasteiger partial charge on any atom is -0.481 e. The van der Waals surface area contributed by atoms with Crippen molar-refractivity contribution in [1.82, 2.24) is 19.6 Å². The molecule has 0 saturated carbocycles. The molecule has 1 unspecified atom stereocenters. The summed E-state index contributed by atoms with van der Waals surface area (Å²) >= 11 is 12.2. The summed E-state index contributed by atoms with van der Waals surface area (Å²) in [6.45, 7) is 1.89. The van der Waals surface area contributed by atoms with Crippen molar-refractivity contribution in [1.29, 1.82) is 0 Å². The maximum Gasteiger partial charge on any atom is 0.252 e. The summed E-state index contributed by atoms with van der Waals surface area (Å²) in [5, 5.41) is 5.06. The molecule has 0 bridgehead atoms. The van der Waals surface area contributed by atoms with Crippen LogP contribution >= 0.6 is 23.2 Å². The van der Waals surface area contributed by atoms with E-state index in [0.717, 1.165) is 5.69 Å². The molecule has 0 aliphatic heterocycles. The molecule has 0 radical (unpaired) electrons. The van der Waals surface area contributed by atoms with Crippen LogP contribution in [0.25, 0.3) is 5.78 Å². The lowest BCUT2D eigenvalue weighted by molar-refractivity contribution is 0.219. The van der Waals surface area contributed by atoms with Crippen molar-refractivity contribution < 1.29 is 4.74 Å². The summed E-state index contributed by atoms with van der Waals surface area (Å²) in [7, 11) is 0. The van der Waals surface area contributed by atoms with E-state index in [1.165, 1.54) is 6.33 Å². The largest absolute Gasteiger partial charge is 0.481 e. The third-order valence-corrected chi connectivity index (χ3v) is 3.43. The molecular weight excluding hydrogens is 299 g/mol. The van der Waals surface area contributed by atoms with E-state index in [4.69, 9.17) is 27.9 Å². The Morgan fingerprint density at radius 2 is 1.90 bits per heavy atom. The van der Waals surface area contributed by atoms with Crippen molar-refractivity contribution in [3.63, 3.8) is 0 Å². The minimum atomic E-state index is -0.306. The summed E-state index contributed by atoms with van der Waals surface area (Å²) in [5.74, 6) is 0.969. The normalized spacial score (nSPS) is 12.6. The quantitative estimate of drug-likeness (QED) is 0.742. The topological polar surface area (TPSA) is 52.3 Å². The summed E-state index contributed by atoms with van der Waals surface area (Å²) in [4.78, 5) is 8.15. The van der Waals surface area contributed by atoms with Gasteiger partial charge < -0.3 is 4.74 Å². The maximum atomic E-state index is 6.10. The van der Waals surface area contributed by atoms with Crippen LogP contribution in [0.15, 0.2) is 36.8 Å². The Labute approximate surface area is 125 Å². The first-order valence-corrected chi connectivity index (χ1v) is 6.67. The highest BCUT2D eigenvalue weighted by atomic mass is 35.5. The van der Waals surface area contributed by atoms with Gasteiger partial charge in [-0.05, 0) is 25.1 Å². The van der Waals surface area contributed by atoms with Crippen molar-refractivity contribution in [2.45, 2.75) is 13.0 Å². The zero-order valence-electron chi connectivity index (χ0n) is 10.5. The molecule has 1 atom stereocenters. The van der Waals surface area contributed by atoms with Gasteiger partial charge in [0.1, 0.15) is 12.4 Å². The molecule has 0 fully saturated rings. The van der Waals surface area contributed by atoms with Gasteiger partial charge in [-0.1, -0.05) is 29.3 Å². The van der Waals surface area contributed by atoms with Crippen LogP contribution in [0.4, 0.5) is 0 Å². The van der Waals surface area contributed by atoms with Gasteiger partial charge in [-0.3, -0.25) is 0 Å². The summed E-state index contributed by atoms with van der Waals surface area (Å²) < 4.78 is 7.48. The third-order valence-electron chi connectivity index (χ3n) is 2.84. The number of para-hydroxylation sites is 1. The first-order chi connectivity index (χ1) is 9.66. The van der Waals surface area contributed by atoms with Crippen molar-refractivity contribution in [3.05, 3.63) is 52.5 Å². The van der Waals surface area contributed by atoms with Crippen LogP contribution in [0.2, 0.25) is 10.0 Å². The first-order valence-electron chi connectivity index (χ1n) is 5.92. The molecule has 0 aliphatic rings. The van der Waals surface area contributed by atoms with E-state index in [1.54, 1.807) is 28.9 Å². The molecule has 0 N–H and O–H groups in total. The molecule has 20 heavy (non-hydrogen) atoms. The molecule has 0 spiro atoms. The molecule has 1 aromatic carbocycles. The lowest BCUT2D eigenvalue weighted by Gasteiger charge is -2.17. The Morgan fingerprint density at radius 1 is 1.15 bits per heavy atom. The van der Waals surface area contributed by atoms with Crippen LogP contribution in [0.3, 0.4) is 0 Å². The van der Waals surface area contributed by atoms with E-state index in [0.29, 0.717) is 21.6 Å². The number of aromatic nitrogens is 4. The number of benzene rings is 1. The summed E-state index contributed by atoms with van der Waals surface area (Å²) in [6, 6.07) is 7.04. The highest BCUT2D eigenvalue weighted by molar-refractivity contribution is 6.37. The van der Waals surface area contributed by atoms with Crippen LogP contribution in [0.1, 0.15) is 18.7 Å². The Morgan fingerprint density at radius 3 is 2.65 bits per heavy atom. The molecular formula is C13H10Cl2N4O. The molecule has 3 aromatic rings. The summed E-state index contributed by atoms with van der Waals surface area (Å²) in [6.07, 6.45) is 2.80. The van der Waals surface area contributed by atoms with E-state index in [9.17, 15) is 0 Å². The van der Waals surface area contributed by atoms with Gasteiger partial charge in [0, 0.05) is 6.20 Å². The molecule has 2 heterocycles. The molecule has 5 nitrogen and oxygen atoms in total. The Balaban J connectivity index is 1.97. The number of halogens is 2. The Hall–Kier alpha value is -1.85. The number of hydrogen-bond donors (Lipinski definition) is 0. The average Bonchev–Trinajstić information content (AvgIpc) is 2.91. The first kappa shape index (κ1) is 13.1. The molecule has 0 aliphatic carbocycles. The number of rotatable bonds is 3. The average molecular weight is 309 g/mol. The SMILES string of the molecule is CC(Oc1c(Cl)cccc1Cl)c1ccnc2ncnn12. The predicted molar refractivity (Wildman–Crippen MR) is 76.3 cm³/mol. The van der Waals surface area contributed by atoms with Crippen LogP contribution < -0.4 is 4.74 Å². The highest BCUT2D eigenvalue weighted by Crippen LogP contribution is 2.35. The number of hydrogen-bond acceptors (Lipinski definition) is 4. The monoisotopic (exact) mass is 308 g/mol.